The van der Waals surface area contributed by atoms with Gasteiger partial charge in [-0.3, -0.25) is 4.79 Å². The lowest BCUT2D eigenvalue weighted by atomic mass is 9.94. The first kappa shape index (κ1) is 16.4. The van der Waals surface area contributed by atoms with Gasteiger partial charge in [0.1, 0.15) is 0 Å². The van der Waals surface area contributed by atoms with Crippen molar-refractivity contribution in [2.24, 2.45) is 17.6 Å². The zero-order valence-electron chi connectivity index (χ0n) is 12.4. The highest BCUT2D eigenvalue weighted by Crippen LogP contribution is 2.21. The zero-order chi connectivity index (χ0) is 14.4. The second-order valence-electron chi connectivity index (χ2n) is 5.77. The van der Waals surface area contributed by atoms with Gasteiger partial charge in [-0.15, -0.1) is 0 Å². The molecule has 1 rings (SSSR count). The van der Waals surface area contributed by atoms with Gasteiger partial charge in [-0.25, -0.2) is 0 Å². The first-order valence-corrected chi connectivity index (χ1v) is 7.59. The molecule has 0 aromatic carbocycles. The molecule has 19 heavy (non-hydrogen) atoms. The highest BCUT2D eigenvalue weighted by molar-refractivity contribution is 7.80. The largest absolute Gasteiger partial charge is 0.393 e. The summed E-state index contributed by atoms with van der Waals surface area (Å²) < 4.78 is 0. The maximum Gasteiger partial charge on any atom is 0.232 e. The molecule has 1 aliphatic heterocycles. The summed E-state index contributed by atoms with van der Waals surface area (Å²) in [6, 6.07) is 0. The first-order chi connectivity index (χ1) is 8.95. The Morgan fingerprint density at radius 3 is 2.42 bits per heavy atom. The monoisotopic (exact) mass is 285 g/mol. The van der Waals surface area contributed by atoms with Crippen molar-refractivity contribution in [3.8, 4) is 0 Å². The Morgan fingerprint density at radius 2 is 2.00 bits per heavy atom. The minimum atomic E-state index is -0.259. The van der Waals surface area contributed by atoms with Gasteiger partial charge in [0.2, 0.25) is 5.91 Å². The highest BCUT2D eigenvalue weighted by atomic mass is 32.1. The Labute approximate surface area is 122 Å². The summed E-state index contributed by atoms with van der Waals surface area (Å²) in [6.45, 7) is 4.86. The van der Waals surface area contributed by atoms with Crippen LogP contribution in [0.5, 0.6) is 0 Å². The number of hydrogen-bond donors (Lipinski definition) is 1. The van der Waals surface area contributed by atoms with Gasteiger partial charge in [0.25, 0.3) is 0 Å². The molecule has 1 atom stereocenters. The Bertz CT molecular complexity index is 312. The number of amides is 1. The molecule has 1 heterocycles. The molecule has 0 saturated carbocycles. The second-order valence-corrected chi connectivity index (χ2v) is 6.25. The van der Waals surface area contributed by atoms with Crippen molar-refractivity contribution in [3.63, 3.8) is 0 Å². The molecule has 1 fully saturated rings. The average Bonchev–Trinajstić information content (AvgIpc) is 2.35. The molecule has 2 N–H and O–H groups in total. The van der Waals surface area contributed by atoms with E-state index in [1.807, 2.05) is 4.90 Å². The molecule has 1 amide bonds. The summed E-state index contributed by atoms with van der Waals surface area (Å²) in [5.74, 6) is 0.580. The van der Waals surface area contributed by atoms with Crippen molar-refractivity contribution in [1.29, 1.82) is 0 Å². The highest BCUT2D eigenvalue weighted by Gasteiger charge is 2.29. The molecule has 4 nitrogen and oxygen atoms in total. The normalized spacial score (nSPS) is 18.6. The van der Waals surface area contributed by atoms with E-state index in [4.69, 9.17) is 18.0 Å². The summed E-state index contributed by atoms with van der Waals surface area (Å²) >= 11 is 5.03. The Morgan fingerprint density at radius 1 is 1.42 bits per heavy atom. The topological polar surface area (TPSA) is 49.6 Å². The fraction of sp³-hybridized carbons (Fsp3) is 0.857. The van der Waals surface area contributed by atoms with Gasteiger partial charge >= 0.3 is 0 Å². The Balaban J connectivity index is 2.49. The van der Waals surface area contributed by atoms with Crippen molar-refractivity contribution in [3.05, 3.63) is 0 Å². The van der Waals surface area contributed by atoms with Gasteiger partial charge in [0, 0.05) is 19.6 Å². The lowest BCUT2D eigenvalue weighted by Crippen LogP contribution is -2.46. The Kier molecular flexibility index (Phi) is 6.72. The molecule has 1 unspecified atom stereocenters. The van der Waals surface area contributed by atoms with Crippen molar-refractivity contribution < 1.29 is 4.79 Å². The number of thiocarbonyl (C=S) groups is 1. The summed E-state index contributed by atoms with van der Waals surface area (Å²) in [4.78, 5) is 16.9. The fourth-order valence-corrected chi connectivity index (χ4v) is 2.97. The van der Waals surface area contributed by atoms with E-state index in [1.54, 1.807) is 0 Å². The Hall–Kier alpha value is -0.680. The molecule has 0 radical (unpaired) electrons. The molecular weight excluding hydrogens is 258 g/mol. The standard InChI is InChI=1S/C14H27N3OS/c1-4-5-12(13(15)19)14(18)17-8-6-11(7-9-17)10-16(2)3/h11-12H,4-10H2,1-3H3,(H2,15,19). The third-order valence-corrected chi connectivity index (χ3v) is 4.05. The van der Waals surface area contributed by atoms with Crippen LogP contribution in [0.4, 0.5) is 0 Å². The van der Waals surface area contributed by atoms with Crippen molar-refractivity contribution >= 4 is 23.1 Å². The third-order valence-electron chi connectivity index (χ3n) is 3.77. The molecular formula is C14H27N3OS. The number of nitrogens with zero attached hydrogens (tertiary/aromatic N) is 2. The van der Waals surface area contributed by atoms with E-state index >= 15 is 0 Å². The zero-order valence-corrected chi connectivity index (χ0v) is 13.2. The number of rotatable bonds is 6. The first-order valence-electron chi connectivity index (χ1n) is 7.18. The molecule has 0 aromatic heterocycles. The van der Waals surface area contributed by atoms with Gasteiger partial charge in [-0.05, 0) is 39.3 Å². The van der Waals surface area contributed by atoms with Crippen molar-refractivity contribution in [1.82, 2.24) is 9.80 Å². The number of carbonyl (C=O) groups is 1. The number of piperidine rings is 1. The quantitative estimate of drug-likeness (QED) is 0.751. The van der Waals surface area contributed by atoms with E-state index in [-0.39, 0.29) is 11.8 Å². The van der Waals surface area contributed by atoms with E-state index in [2.05, 4.69) is 25.9 Å². The van der Waals surface area contributed by atoms with Crippen molar-refractivity contribution in [2.45, 2.75) is 32.6 Å². The number of hydrogen-bond acceptors (Lipinski definition) is 3. The smallest absolute Gasteiger partial charge is 0.232 e. The molecule has 5 heteroatoms. The molecule has 1 aliphatic rings. The predicted octanol–water partition coefficient (Wildman–Crippen LogP) is 1.49. The molecule has 0 aliphatic carbocycles. The molecule has 1 saturated heterocycles. The summed E-state index contributed by atoms with van der Waals surface area (Å²) in [5, 5.41) is 0. The second kappa shape index (κ2) is 7.80. The van der Waals surface area contributed by atoms with Gasteiger partial charge in [0.05, 0.1) is 10.9 Å². The summed E-state index contributed by atoms with van der Waals surface area (Å²) in [7, 11) is 4.20. The van der Waals surface area contributed by atoms with Crippen LogP contribution in [0.3, 0.4) is 0 Å². The van der Waals surface area contributed by atoms with Crippen LogP contribution in [0.25, 0.3) is 0 Å². The van der Waals surface area contributed by atoms with Crippen LogP contribution in [0.15, 0.2) is 0 Å². The van der Waals surface area contributed by atoms with E-state index < -0.39 is 0 Å². The predicted molar refractivity (Wildman–Crippen MR) is 83.0 cm³/mol. The molecule has 0 bridgehead atoms. The van der Waals surface area contributed by atoms with E-state index in [0.29, 0.717) is 10.9 Å². The van der Waals surface area contributed by atoms with Crippen LogP contribution in [0.2, 0.25) is 0 Å². The lowest BCUT2D eigenvalue weighted by Gasteiger charge is -2.35. The van der Waals surface area contributed by atoms with E-state index in [1.165, 1.54) is 0 Å². The fourth-order valence-electron chi connectivity index (χ4n) is 2.75. The van der Waals surface area contributed by atoms with Crippen molar-refractivity contribution in [2.75, 3.05) is 33.7 Å². The summed E-state index contributed by atoms with van der Waals surface area (Å²) in [5.41, 5.74) is 5.70. The number of likely N-dealkylation sites (tertiary alicyclic amines) is 1. The van der Waals surface area contributed by atoms with Gasteiger partial charge in [0.15, 0.2) is 0 Å². The molecule has 0 spiro atoms. The SMILES string of the molecule is CCCC(C(=O)N1CCC(CN(C)C)CC1)C(N)=S. The van der Waals surface area contributed by atoms with Crippen LogP contribution in [0, 0.1) is 11.8 Å². The van der Waals surface area contributed by atoms with E-state index in [9.17, 15) is 4.79 Å². The molecule has 110 valence electrons. The van der Waals surface area contributed by atoms with Gasteiger partial charge < -0.3 is 15.5 Å². The van der Waals surface area contributed by atoms with Crippen LogP contribution in [-0.2, 0) is 4.79 Å². The van der Waals surface area contributed by atoms with Crippen LogP contribution in [0.1, 0.15) is 32.6 Å². The third kappa shape index (κ3) is 5.07. The minimum absolute atomic E-state index is 0.137. The maximum atomic E-state index is 12.4. The number of nitrogens with two attached hydrogens (primary N) is 1. The minimum Gasteiger partial charge on any atom is -0.393 e. The lowest BCUT2D eigenvalue weighted by molar-refractivity contribution is -0.135. The van der Waals surface area contributed by atoms with Crippen LogP contribution in [-0.4, -0.2) is 54.4 Å². The number of carbonyl (C=O) groups excluding carboxylic acids is 1. The van der Waals surface area contributed by atoms with E-state index in [0.717, 1.165) is 45.3 Å². The molecule has 0 aromatic rings. The van der Waals surface area contributed by atoms with Crippen LogP contribution < -0.4 is 5.73 Å². The van der Waals surface area contributed by atoms with Gasteiger partial charge in [-0.2, -0.15) is 0 Å². The van der Waals surface area contributed by atoms with Crippen LogP contribution >= 0.6 is 12.2 Å². The summed E-state index contributed by atoms with van der Waals surface area (Å²) in [6.07, 6.45) is 3.87. The maximum absolute atomic E-state index is 12.4. The average molecular weight is 285 g/mol. The van der Waals surface area contributed by atoms with Gasteiger partial charge in [-0.1, -0.05) is 25.6 Å².